The summed E-state index contributed by atoms with van der Waals surface area (Å²) in [6, 6.07) is 0. The second-order valence-corrected chi connectivity index (χ2v) is 4.03. The van der Waals surface area contributed by atoms with Crippen LogP contribution in [0.4, 0.5) is 5.82 Å². The number of hydrogen-bond acceptors (Lipinski definition) is 5. The number of aromatic nitrogens is 2. The van der Waals surface area contributed by atoms with E-state index < -0.39 is 0 Å². The van der Waals surface area contributed by atoms with Crippen molar-refractivity contribution in [1.29, 1.82) is 0 Å². The fraction of sp³-hybridized carbons (Fsp3) is 0.545. The number of hydrogen-bond donors (Lipinski definition) is 2. The minimum absolute atomic E-state index is 0.120. The zero-order valence-corrected chi connectivity index (χ0v) is 9.56. The number of carbonyl (C=O) groups is 1. The third-order valence-electron chi connectivity index (χ3n) is 2.67. The summed E-state index contributed by atoms with van der Waals surface area (Å²) >= 11 is 0. The molecule has 0 aliphatic carbocycles. The second kappa shape index (κ2) is 5.58. The average Bonchev–Trinajstić information content (AvgIpc) is 2.38. The highest BCUT2D eigenvalue weighted by Gasteiger charge is 2.15. The van der Waals surface area contributed by atoms with Gasteiger partial charge in [-0.3, -0.25) is 4.79 Å². The lowest BCUT2D eigenvalue weighted by molar-refractivity contribution is 0.0168. The summed E-state index contributed by atoms with van der Waals surface area (Å²) in [6.07, 6.45) is 6.11. The van der Waals surface area contributed by atoms with Crippen LogP contribution >= 0.6 is 0 Å². The lowest BCUT2D eigenvalue weighted by Gasteiger charge is -2.22. The van der Waals surface area contributed by atoms with Crippen LogP contribution in [0.3, 0.4) is 0 Å². The van der Waals surface area contributed by atoms with E-state index in [1.165, 1.54) is 12.4 Å². The van der Waals surface area contributed by atoms with Crippen LogP contribution in [-0.2, 0) is 4.74 Å². The summed E-state index contributed by atoms with van der Waals surface area (Å²) in [6.45, 7) is 1.30. The number of rotatable bonds is 3. The van der Waals surface area contributed by atoms with E-state index in [-0.39, 0.29) is 17.7 Å². The maximum Gasteiger partial charge on any atom is 0.271 e. The summed E-state index contributed by atoms with van der Waals surface area (Å²) in [5.41, 5.74) is 5.67. The molecule has 17 heavy (non-hydrogen) atoms. The molecule has 0 spiro atoms. The number of ether oxygens (including phenoxy) is 1. The summed E-state index contributed by atoms with van der Waals surface area (Å²) in [7, 11) is 0. The Labute approximate surface area is 99.6 Å². The van der Waals surface area contributed by atoms with Crippen LogP contribution < -0.4 is 11.1 Å². The molecule has 0 saturated carbocycles. The molecule has 0 radical (unpaired) electrons. The van der Waals surface area contributed by atoms with Crippen molar-refractivity contribution in [1.82, 2.24) is 15.3 Å². The van der Waals surface area contributed by atoms with Crippen molar-refractivity contribution in [3.8, 4) is 0 Å². The second-order valence-electron chi connectivity index (χ2n) is 4.03. The zero-order chi connectivity index (χ0) is 12.1. The highest BCUT2D eigenvalue weighted by atomic mass is 16.5. The van der Waals surface area contributed by atoms with Gasteiger partial charge in [0.15, 0.2) is 0 Å². The van der Waals surface area contributed by atoms with Gasteiger partial charge in [-0.05, 0) is 19.3 Å². The van der Waals surface area contributed by atoms with Gasteiger partial charge in [0, 0.05) is 13.2 Å². The van der Waals surface area contributed by atoms with Crippen molar-refractivity contribution >= 4 is 11.7 Å². The molecule has 92 valence electrons. The minimum Gasteiger partial charge on any atom is -0.382 e. The molecule has 0 aromatic carbocycles. The molecule has 3 N–H and O–H groups in total. The highest BCUT2D eigenvalue weighted by Crippen LogP contribution is 2.11. The molecule has 1 unspecified atom stereocenters. The van der Waals surface area contributed by atoms with Crippen molar-refractivity contribution in [2.24, 2.45) is 0 Å². The van der Waals surface area contributed by atoms with Crippen LogP contribution in [0.25, 0.3) is 0 Å². The Balaban J connectivity index is 1.82. The van der Waals surface area contributed by atoms with E-state index in [1.807, 2.05) is 0 Å². The lowest BCUT2D eigenvalue weighted by atomic mass is 10.1. The van der Waals surface area contributed by atoms with Gasteiger partial charge < -0.3 is 15.8 Å². The summed E-state index contributed by atoms with van der Waals surface area (Å²) in [4.78, 5) is 19.4. The number of nitrogen functional groups attached to an aromatic ring is 1. The Bertz CT molecular complexity index is 374. The van der Waals surface area contributed by atoms with Crippen LogP contribution in [0.5, 0.6) is 0 Å². The normalized spacial score (nSPS) is 19.9. The van der Waals surface area contributed by atoms with Crippen molar-refractivity contribution < 1.29 is 9.53 Å². The molecular formula is C11H16N4O2. The smallest absolute Gasteiger partial charge is 0.271 e. The Morgan fingerprint density at radius 1 is 1.47 bits per heavy atom. The van der Waals surface area contributed by atoms with Gasteiger partial charge in [-0.25, -0.2) is 9.97 Å². The van der Waals surface area contributed by atoms with Gasteiger partial charge in [0.25, 0.3) is 5.91 Å². The number of nitrogens with one attached hydrogen (secondary N) is 1. The fourth-order valence-corrected chi connectivity index (χ4v) is 1.72. The summed E-state index contributed by atoms with van der Waals surface area (Å²) in [5.74, 6) is 0.0591. The molecule has 1 saturated heterocycles. The first-order chi connectivity index (χ1) is 8.25. The lowest BCUT2D eigenvalue weighted by Crippen LogP contribution is -2.35. The van der Waals surface area contributed by atoms with Crippen LogP contribution in [0, 0.1) is 0 Å². The zero-order valence-electron chi connectivity index (χ0n) is 9.56. The molecule has 1 atom stereocenters. The largest absolute Gasteiger partial charge is 0.382 e. The van der Waals surface area contributed by atoms with Crippen molar-refractivity contribution in [2.45, 2.75) is 25.4 Å². The first-order valence-corrected chi connectivity index (χ1v) is 5.73. The average molecular weight is 236 g/mol. The monoisotopic (exact) mass is 236 g/mol. The highest BCUT2D eigenvalue weighted by molar-refractivity contribution is 5.91. The number of nitrogens with zero attached hydrogens (tertiary/aromatic N) is 2. The Morgan fingerprint density at radius 3 is 3.00 bits per heavy atom. The molecule has 1 amide bonds. The number of anilines is 1. The molecule has 1 aromatic rings. The van der Waals surface area contributed by atoms with E-state index in [2.05, 4.69) is 15.3 Å². The molecule has 0 bridgehead atoms. The van der Waals surface area contributed by atoms with Crippen LogP contribution in [0.2, 0.25) is 0 Å². The Hall–Kier alpha value is -1.69. The van der Waals surface area contributed by atoms with E-state index >= 15 is 0 Å². The van der Waals surface area contributed by atoms with E-state index in [0.29, 0.717) is 12.4 Å². The molecule has 6 nitrogen and oxygen atoms in total. The van der Waals surface area contributed by atoms with Gasteiger partial charge in [0.1, 0.15) is 11.5 Å². The maximum absolute atomic E-state index is 11.7. The number of amides is 1. The standard InChI is InChI=1S/C11H16N4O2/c12-10-7-13-9(6-14-10)11(16)15-5-8-3-1-2-4-17-8/h6-8H,1-5H2,(H2,12,14)(H,15,16). The molecule has 2 rings (SSSR count). The third kappa shape index (κ3) is 3.39. The van der Waals surface area contributed by atoms with Gasteiger partial charge in [-0.1, -0.05) is 0 Å². The molecular weight excluding hydrogens is 220 g/mol. The fourth-order valence-electron chi connectivity index (χ4n) is 1.72. The van der Waals surface area contributed by atoms with Crippen molar-refractivity contribution in [3.05, 3.63) is 18.1 Å². The summed E-state index contributed by atoms with van der Waals surface area (Å²) < 4.78 is 5.51. The third-order valence-corrected chi connectivity index (χ3v) is 2.67. The van der Waals surface area contributed by atoms with Gasteiger partial charge in [-0.2, -0.15) is 0 Å². The molecule has 1 fully saturated rings. The topological polar surface area (TPSA) is 90.1 Å². The van der Waals surface area contributed by atoms with E-state index in [9.17, 15) is 4.79 Å². The van der Waals surface area contributed by atoms with Gasteiger partial charge in [-0.15, -0.1) is 0 Å². The maximum atomic E-state index is 11.7. The van der Waals surface area contributed by atoms with Gasteiger partial charge in [0.2, 0.25) is 0 Å². The number of carbonyl (C=O) groups excluding carboxylic acids is 1. The van der Waals surface area contributed by atoms with Gasteiger partial charge >= 0.3 is 0 Å². The Kier molecular flexibility index (Phi) is 3.87. The van der Waals surface area contributed by atoms with E-state index in [0.717, 1.165) is 25.9 Å². The first-order valence-electron chi connectivity index (χ1n) is 5.73. The van der Waals surface area contributed by atoms with Gasteiger partial charge in [0.05, 0.1) is 18.5 Å². The van der Waals surface area contributed by atoms with E-state index in [4.69, 9.17) is 10.5 Å². The van der Waals surface area contributed by atoms with E-state index in [1.54, 1.807) is 0 Å². The minimum atomic E-state index is -0.244. The van der Waals surface area contributed by atoms with Crippen LogP contribution in [0.15, 0.2) is 12.4 Å². The van der Waals surface area contributed by atoms with Crippen LogP contribution in [-0.4, -0.2) is 35.1 Å². The predicted octanol–water partition coefficient (Wildman–Crippen LogP) is 0.358. The van der Waals surface area contributed by atoms with Crippen molar-refractivity contribution in [3.63, 3.8) is 0 Å². The Morgan fingerprint density at radius 2 is 2.35 bits per heavy atom. The summed E-state index contributed by atoms with van der Waals surface area (Å²) in [5, 5.41) is 2.78. The molecule has 1 aromatic heterocycles. The first kappa shape index (κ1) is 11.8. The number of nitrogens with two attached hydrogens (primary N) is 1. The predicted molar refractivity (Wildman–Crippen MR) is 62.4 cm³/mol. The molecule has 2 heterocycles. The quantitative estimate of drug-likeness (QED) is 0.790. The molecule has 6 heteroatoms. The SMILES string of the molecule is Nc1cnc(C(=O)NCC2CCCCO2)cn1. The van der Waals surface area contributed by atoms with Crippen molar-refractivity contribution in [2.75, 3.05) is 18.9 Å². The molecule has 1 aliphatic heterocycles. The van der Waals surface area contributed by atoms with Crippen LogP contribution in [0.1, 0.15) is 29.8 Å². The molecule has 1 aliphatic rings.